The molecular weight excluding hydrogens is 258 g/mol. The van der Waals surface area contributed by atoms with Gasteiger partial charge in [-0.05, 0) is 36.2 Å². The lowest BCUT2D eigenvalue weighted by atomic mass is 9.91. The first-order chi connectivity index (χ1) is 10.4. The molecule has 0 radical (unpaired) electrons. The van der Waals surface area contributed by atoms with Crippen LogP contribution in [-0.4, -0.2) is 16.3 Å². The van der Waals surface area contributed by atoms with Crippen LogP contribution in [0.4, 0.5) is 5.69 Å². The van der Waals surface area contributed by atoms with E-state index in [1.165, 1.54) is 16.9 Å². The molecule has 1 aliphatic rings. The van der Waals surface area contributed by atoms with Crippen LogP contribution in [0.5, 0.6) is 0 Å². The van der Waals surface area contributed by atoms with E-state index in [0.717, 1.165) is 18.7 Å². The standard InChI is InChI=1S/C18H17N3/c1-2-7-16(8-3-1)21-18(10-11-20-21)15-12-14-6-4-5-9-17(14)19-13-15/h1-11,15,19H,12-13H2. The summed E-state index contributed by atoms with van der Waals surface area (Å²) in [5.41, 5.74) is 5.04. The minimum Gasteiger partial charge on any atom is -0.384 e. The van der Waals surface area contributed by atoms with Crippen molar-refractivity contribution in [2.24, 2.45) is 0 Å². The number of nitrogens with zero attached hydrogens (tertiary/aromatic N) is 2. The first-order valence-corrected chi connectivity index (χ1v) is 7.33. The van der Waals surface area contributed by atoms with E-state index in [4.69, 9.17) is 0 Å². The molecule has 21 heavy (non-hydrogen) atoms. The van der Waals surface area contributed by atoms with E-state index in [0.29, 0.717) is 5.92 Å². The number of para-hydroxylation sites is 2. The highest BCUT2D eigenvalue weighted by atomic mass is 15.3. The summed E-state index contributed by atoms with van der Waals surface area (Å²) < 4.78 is 2.06. The fraction of sp³-hybridized carbons (Fsp3) is 0.167. The molecule has 0 amide bonds. The van der Waals surface area contributed by atoms with Gasteiger partial charge in [0.25, 0.3) is 0 Å². The third-order valence-corrected chi connectivity index (χ3v) is 4.11. The van der Waals surface area contributed by atoms with Gasteiger partial charge in [0.05, 0.1) is 5.69 Å². The highest BCUT2D eigenvalue weighted by Gasteiger charge is 2.22. The van der Waals surface area contributed by atoms with Gasteiger partial charge in [0, 0.05) is 30.0 Å². The third kappa shape index (κ3) is 2.21. The van der Waals surface area contributed by atoms with Gasteiger partial charge in [-0.3, -0.25) is 0 Å². The van der Waals surface area contributed by atoms with Crippen LogP contribution in [0.2, 0.25) is 0 Å². The number of aromatic nitrogens is 2. The molecule has 0 fully saturated rings. The molecule has 1 N–H and O–H groups in total. The molecule has 104 valence electrons. The minimum absolute atomic E-state index is 0.447. The average Bonchev–Trinajstić information content (AvgIpc) is 3.05. The lowest BCUT2D eigenvalue weighted by Gasteiger charge is -2.26. The van der Waals surface area contributed by atoms with Crippen LogP contribution in [0.15, 0.2) is 66.9 Å². The van der Waals surface area contributed by atoms with Gasteiger partial charge >= 0.3 is 0 Å². The van der Waals surface area contributed by atoms with E-state index in [1.807, 2.05) is 12.3 Å². The maximum atomic E-state index is 4.51. The Morgan fingerprint density at radius 3 is 2.67 bits per heavy atom. The van der Waals surface area contributed by atoms with E-state index in [1.54, 1.807) is 0 Å². The van der Waals surface area contributed by atoms with Crippen LogP contribution in [-0.2, 0) is 6.42 Å². The molecule has 1 aromatic heterocycles. The Labute approximate surface area is 124 Å². The van der Waals surface area contributed by atoms with Gasteiger partial charge < -0.3 is 5.32 Å². The second-order valence-electron chi connectivity index (χ2n) is 5.44. The first-order valence-electron chi connectivity index (χ1n) is 7.33. The maximum absolute atomic E-state index is 4.51. The van der Waals surface area contributed by atoms with Gasteiger partial charge in [-0.2, -0.15) is 5.10 Å². The molecule has 3 heteroatoms. The van der Waals surface area contributed by atoms with Crippen LogP contribution in [0.1, 0.15) is 17.2 Å². The van der Waals surface area contributed by atoms with Crippen LogP contribution in [0, 0.1) is 0 Å². The van der Waals surface area contributed by atoms with Crippen molar-refractivity contribution in [3.63, 3.8) is 0 Å². The Morgan fingerprint density at radius 1 is 0.952 bits per heavy atom. The Morgan fingerprint density at radius 2 is 1.76 bits per heavy atom. The number of hydrogen-bond acceptors (Lipinski definition) is 2. The van der Waals surface area contributed by atoms with Crippen molar-refractivity contribution in [2.45, 2.75) is 12.3 Å². The summed E-state index contributed by atoms with van der Waals surface area (Å²) in [5.74, 6) is 0.447. The van der Waals surface area contributed by atoms with E-state index in [2.05, 4.69) is 69.7 Å². The summed E-state index contributed by atoms with van der Waals surface area (Å²) >= 11 is 0. The van der Waals surface area contributed by atoms with Gasteiger partial charge in [-0.15, -0.1) is 0 Å². The molecule has 2 heterocycles. The van der Waals surface area contributed by atoms with Crippen molar-refractivity contribution >= 4 is 5.69 Å². The quantitative estimate of drug-likeness (QED) is 0.774. The largest absolute Gasteiger partial charge is 0.384 e. The number of fused-ring (bicyclic) bond motifs is 1. The maximum Gasteiger partial charge on any atom is 0.0648 e. The Bertz CT molecular complexity index is 746. The van der Waals surface area contributed by atoms with E-state index >= 15 is 0 Å². The summed E-state index contributed by atoms with van der Waals surface area (Å²) in [6.07, 6.45) is 2.95. The summed E-state index contributed by atoms with van der Waals surface area (Å²) in [6.45, 7) is 0.954. The van der Waals surface area contributed by atoms with Crippen molar-refractivity contribution in [1.29, 1.82) is 0 Å². The molecule has 0 spiro atoms. The second-order valence-corrected chi connectivity index (χ2v) is 5.44. The highest BCUT2D eigenvalue weighted by molar-refractivity contribution is 5.54. The zero-order chi connectivity index (χ0) is 14.1. The zero-order valence-corrected chi connectivity index (χ0v) is 11.7. The molecule has 4 rings (SSSR count). The highest BCUT2D eigenvalue weighted by Crippen LogP contribution is 2.31. The summed E-state index contributed by atoms with van der Waals surface area (Å²) in [5, 5.41) is 8.05. The predicted octanol–water partition coefficient (Wildman–Crippen LogP) is 3.62. The minimum atomic E-state index is 0.447. The molecule has 3 aromatic rings. The normalized spacial score (nSPS) is 17.0. The van der Waals surface area contributed by atoms with Crippen LogP contribution >= 0.6 is 0 Å². The number of hydrogen-bond donors (Lipinski definition) is 1. The van der Waals surface area contributed by atoms with Gasteiger partial charge in [-0.25, -0.2) is 4.68 Å². The topological polar surface area (TPSA) is 29.9 Å². The molecule has 3 nitrogen and oxygen atoms in total. The molecule has 0 saturated carbocycles. The molecule has 0 aliphatic carbocycles. The Kier molecular flexibility index (Phi) is 2.96. The van der Waals surface area contributed by atoms with Gasteiger partial charge in [0.15, 0.2) is 0 Å². The Hall–Kier alpha value is -2.55. The van der Waals surface area contributed by atoms with E-state index in [9.17, 15) is 0 Å². The summed E-state index contributed by atoms with van der Waals surface area (Å²) in [6, 6.07) is 21.0. The third-order valence-electron chi connectivity index (χ3n) is 4.11. The Balaban J connectivity index is 1.69. The molecule has 1 atom stereocenters. The zero-order valence-electron chi connectivity index (χ0n) is 11.7. The predicted molar refractivity (Wildman–Crippen MR) is 84.9 cm³/mol. The summed E-state index contributed by atoms with van der Waals surface area (Å²) in [7, 11) is 0. The number of nitrogens with one attached hydrogen (secondary N) is 1. The first kappa shape index (κ1) is 12.2. The number of anilines is 1. The molecule has 1 unspecified atom stereocenters. The summed E-state index contributed by atoms with van der Waals surface area (Å²) in [4.78, 5) is 0. The fourth-order valence-corrected chi connectivity index (χ4v) is 3.06. The van der Waals surface area contributed by atoms with Crippen LogP contribution in [0.3, 0.4) is 0 Å². The lowest BCUT2D eigenvalue weighted by Crippen LogP contribution is -2.23. The van der Waals surface area contributed by atoms with E-state index < -0.39 is 0 Å². The van der Waals surface area contributed by atoms with Crippen molar-refractivity contribution in [2.75, 3.05) is 11.9 Å². The van der Waals surface area contributed by atoms with E-state index in [-0.39, 0.29) is 0 Å². The monoisotopic (exact) mass is 275 g/mol. The van der Waals surface area contributed by atoms with Gasteiger partial charge in [-0.1, -0.05) is 36.4 Å². The molecule has 2 aromatic carbocycles. The smallest absolute Gasteiger partial charge is 0.0648 e. The number of benzene rings is 2. The SMILES string of the molecule is c1ccc(-n2nccc2C2CNc3ccccc3C2)cc1. The average molecular weight is 275 g/mol. The van der Waals surface area contributed by atoms with Crippen molar-refractivity contribution in [3.8, 4) is 5.69 Å². The fourth-order valence-electron chi connectivity index (χ4n) is 3.06. The number of rotatable bonds is 2. The van der Waals surface area contributed by atoms with Crippen molar-refractivity contribution in [3.05, 3.63) is 78.1 Å². The lowest BCUT2D eigenvalue weighted by molar-refractivity contribution is 0.639. The van der Waals surface area contributed by atoms with Crippen molar-refractivity contribution < 1.29 is 0 Å². The molecule has 0 saturated heterocycles. The molecule has 0 bridgehead atoms. The van der Waals surface area contributed by atoms with Crippen LogP contribution < -0.4 is 5.32 Å². The van der Waals surface area contributed by atoms with Crippen molar-refractivity contribution in [1.82, 2.24) is 9.78 Å². The van der Waals surface area contributed by atoms with Gasteiger partial charge in [0.1, 0.15) is 0 Å². The van der Waals surface area contributed by atoms with Crippen LogP contribution in [0.25, 0.3) is 5.69 Å². The second kappa shape index (κ2) is 5.09. The molecule has 1 aliphatic heterocycles. The molecular formula is C18H17N3. The van der Waals surface area contributed by atoms with Gasteiger partial charge in [0.2, 0.25) is 0 Å².